The number of sulfonamides is 1. The molecule has 3 aliphatic carbocycles. The van der Waals surface area contributed by atoms with Crippen LogP contribution in [0.4, 0.5) is 0 Å². The molecule has 1 aromatic rings. The fourth-order valence-electron chi connectivity index (χ4n) is 4.59. The molecule has 3 aliphatic rings. The lowest BCUT2D eigenvalue weighted by atomic mass is 9.62. The van der Waals surface area contributed by atoms with Crippen LogP contribution in [0.2, 0.25) is 5.02 Å². The second-order valence-corrected chi connectivity index (χ2v) is 10.1. The van der Waals surface area contributed by atoms with Gasteiger partial charge in [0.15, 0.2) is 0 Å². The second-order valence-electron chi connectivity index (χ2n) is 8.08. The molecule has 0 spiro atoms. The first-order valence-electron chi connectivity index (χ1n) is 10.2. The van der Waals surface area contributed by atoms with Gasteiger partial charge in [0.25, 0.3) is 0 Å². The van der Waals surface area contributed by atoms with E-state index in [1.54, 1.807) is 24.3 Å². The number of fused-ring (bicyclic) bond motifs is 3. The maximum Gasteiger partial charge on any atom is 0.303 e. The predicted octanol–water partition coefficient (Wildman–Crippen LogP) is 4.85. The Hall–Kier alpha value is -1.63. The summed E-state index contributed by atoms with van der Waals surface area (Å²) in [5.41, 5.74) is 0.746. The first kappa shape index (κ1) is 22.1. The minimum absolute atomic E-state index is 0.0508. The average Bonchev–Trinajstić information content (AvgIpc) is 2.66. The van der Waals surface area contributed by atoms with Crippen LogP contribution in [0.5, 0.6) is 0 Å². The van der Waals surface area contributed by atoms with Crippen molar-refractivity contribution >= 4 is 33.7 Å². The van der Waals surface area contributed by atoms with Crippen molar-refractivity contribution in [2.75, 3.05) is 0 Å². The van der Waals surface area contributed by atoms with Crippen molar-refractivity contribution < 1.29 is 18.3 Å². The number of carbonyl (C=O) groups is 1. The first-order chi connectivity index (χ1) is 13.8. The molecule has 0 aliphatic heterocycles. The largest absolute Gasteiger partial charge is 0.481 e. The summed E-state index contributed by atoms with van der Waals surface area (Å²) in [6.07, 6.45) is 11.5. The van der Waals surface area contributed by atoms with E-state index in [-0.39, 0.29) is 12.5 Å². The molecule has 29 heavy (non-hydrogen) atoms. The molecule has 2 N–H and O–H groups in total. The molecular formula is C22H28ClNO4S. The zero-order valence-electron chi connectivity index (χ0n) is 16.3. The number of unbranched alkanes of at least 4 members (excludes halogenated alkanes) is 1. The molecule has 7 heteroatoms. The fraction of sp³-hybridized carbons (Fsp3) is 0.500. The standard InChI is InChI=1S/C22H28ClNO4S/c23-19-7-4-5-16(14-19)11-12-29(27,28)24-21-15-17-9-10-20(21)18(13-17)6-2-1-3-8-22(25)26/h2,4-7,11-12,14,17-18,20-21,24H,1,3,8-10,13,15H2,(H,25,26)/b6-2+,12-11+. The maximum atomic E-state index is 12.6. The van der Waals surface area contributed by atoms with Crippen LogP contribution < -0.4 is 4.72 Å². The van der Waals surface area contributed by atoms with Crippen molar-refractivity contribution in [1.82, 2.24) is 4.72 Å². The Kier molecular flexibility index (Phi) is 7.55. The Balaban J connectivity index is 1.59. The Morgan fingerprint density at radius 3 is 2.83 bits per heavy atom. The van der Waals surface area contributed by atoms with E-state index >= 15 is 0 Å². The highest BCUT2D eigenvalue weighted by atomic mass is 35.5. The molecule has 3 fully saturated rings. The lowest BCUT2D eigenvalue weighted by molar-refractivity contribution is -0.137. The molecule has 0 aromatic heterocycles. The van der Waals surface area contributed by atoms with E-state index in [0.717, 1.165) is 37.7 Å². The fourth-order valence-corrected chi connectivity index (χ4v) is 5.90. The summed E-state index contributed by atoms with van der Waals surface area (Å²) < 4.78 is 28.1. The van der Waals surface area contributed by atoms with Crippen molar-refractivity contribution in [3.63, 3.8) is 0 Å². The number of benzene rings is 1. The van der Waals surface area contributed by atoms with Gasteiger partial charge in [-0.25, -0.2) is 13.1 Å². The second kappa shape index (κ2) is 9.92. The summed E-state index contributed by atoms with van der Waals surface area (Å²) >= 11 is 5.95. The molecular weight excluding hydrogens is 410 g/mol. The molecule has 3 saturated carbocycles. The lowest BCUT2D eigenvalue weighted by Gasteiger charge is -2.46. The van der Waals surface area contributed by atoms with E-state index in [1.807, 2.05) is 6.07 Å². The number of hydrogen-bond acceptors (Lipinski definition) is 3. The SMILES string of the molecule is O=C(O)CCC/C=C/C1CC2CCC1C(NS(=O)(=O)/C=C/c1cccc(Cl)c1)C2. The lowest BCUT2D eigenvalue weighted by Crippen LogP contribution is -2.49. The molecule has 4 rings (SSSR count). The van der Waals surface area contributed by atoms with E-state index in [4.69, 9.17) is 16.7 Å². The van der Waals surface area contributed by atoms with Crippen molar-refractivity contribution in [3.8, 4) is 0 Å². The van der Waals surface area contributed by atoms with E-state index in [0.29, 0.717) is 29.2 Å². The minimum atomic E-state index is -3.54. The van der Waals surface area contributed by atoms with Crippen molar-refractivity contribution in [2.45, 2.75) is 51.0 Å². The third-order valence-corrected chi connectivity index (χ3v) is 7.28. The highest BCUT2D eigenvalue weighted by Gasteiger charge is 2.42. The Morgan fingerprint density at radius 2 is 2.10 bits per heavy atom. The van der Waals surface area contributed by atoms with Gasteiger partial charge in [0, 0.05) is 22.9 Å². The van der Waals surface area contributed by atoms with Gasteiger partial charge in [-0.3, -0.25) is 4.79 Å². The van der Waals surface area contributed by atoms with Crippen molar-refractivity contribution in [3.05, 3.63) is 52.4 Å². The number of carboxylic acid groups (broad SMARTS) is 1. The van der Waals surface area contributed by atoms with Gasteiger partial charge in [-0.05, 0) is 73.6 Å². The minimum Gasteiger partial charge on any atom is -0.481 e. The van der Waals surface area contributed by atoms with Crippen LogP contribution in [0.25, 0.3) is 6.08 Å². The van der Waals surface area contributed by atoms with Crippen molar-refractivity contribution in [2.24, 2.45) is 17.8 Å². The molecule has 0 saturated heterocycles. The number of allylic oxidation sites excluding steroid dienone is 2. The number of nitrogens with one attached hydrogen (secondary N) is 1. The van der Waals surface area contributed by atoms with Crippen LogP contribution in [0.1, 0.15) is 50.5 Å². The number of aliphatic carboxylic acids is 1. The molecule has 158 valence electrons. The highest BCUT2D eigenvalue weighted by molar-refractivity contribution is 7.92. The van der Waals surface area contributed by atoms with Gasteiger partial charge in [0.05, 0.1) is 0 Å². The summed E-state index contributed by atoms with van der Waals surface area (Å²) in [4.78, 5) is 10.6. The van der Waals surface area contributed by atoms with Crippen LogP contribution in [0.3, 0.4) is 0 Å². The Labute approximate surface area is 177 Å². The monoisotopic (exact) mass is 437 g/mol. The van der Waals surface area contributed by atoms with E-state index in [1.165, 1.54) is 5.41 Å². The zero-order chi connectivity index (χ0) is 20.9. The van der Waals surface area contributed by atoms with Crippen LogP contribution in [-0.4, -0.2) is 25.5 Å². The van der Waals surface area contributed by atoms with Gasteiger partial charge in [-0.1, -0.05) is 42.3 Å². The first-order valence-corrected chi connectivity index (χ1v) is 12.1. The molecule has 4 atom stereocenters. The normalized spacial score (nSPS) is 27.1. The third-order valence-electron chi connectivity index (χ3n) is 5.92. The molecule has 2 bridgehead atoms. The van der Waals surface area contributed by atoms with E-state index < -0.39 is 16.0 Å². The van der Waals surface area contributed by atoms with E-state index in [9.17, 15) is 13.2 Å². The van der Waals surface area contributed by atoms with Crippen molar-refractivity contribution in [1.29, 1.82) is 0 Å². The Bertz CT molecular complexity index is 881. The number of carboxylic acids is 1. The average molecular weight is 438 g/mol. The van der Waals surface area contributed by atoms with Gasteiger partial charge in [0.1, 0.15) is 0 Å². The van der Waals surface area contributed by atoms with Crippen LogP contribution >= 0.6 is 11.6 Å². The number of halogens is 1. The summed E-state index contributed by atoms with van der Waals surface area (Å²) in [5, 5.41) is 10.5. The topological polar surface area (TPSA) is 83.5 Å². The van der Waals surface area contributed by atoms with Crippen LogP contribution in [0.15, 0.2) is 41.8 Å². The molecule has 0 amide bonds. The van der Waals surface area contributed by atoms with Gasteiger partial charge in [0.2, 0.25) is 10.0 Å². The van der Waals surface area contributed by atoms with Gasteiger partial charge < -0.3 is 5.11 Å². The molecule has 1 aromatic carbocycles. The number of hydrogen-bond donors (Lipinski definition) is 2. The predicted molar refractivity (Wildman–Crippen MR) is 116 cm³/mol. The molecule has 5 nitrogen and oxygen atoms in total. The summed E-state index contributed by atoms with van der Waals surface area (Å²) in [6.45, 7) is 0. The summed E-state index contributed by atoms with van der Waals surface area (Å²) in [7, 11) is -3.54. The highest BCUT2D eigenvalue weighted by Crippen LogP contribution is 2.46. The molecule has 0 radical (unpaired) electrons. The molecule has 0 heterocycles. The third kappa shape index (κ3) is 6.69. The smallest absolute Gasteiger partial charge is 0.303 e. The maximum absolute atomic E-state index is 12.6. The summed E-state index contributed by atoms with van der Waals surface area (Å²) in [5.74, 6) is 0.427. The summed E-state index contributed by atoms with van der Waals surface area (Å²) in [6, 6.07) is 7.02. The Morgan fingerprint density at radius 1 is 1.28 bits per heavy atom. The molecule has 4 unspecified atom stereocenters. The quantitative estimate of drug-likeness (QED) is 0.427. The zero-order valence-corrected chi connectivity index (χ0v) is 17.9. The van der Waals surface area contributed by atoms with E-state index in [2.05, 4.69) is 16.9 Å². The van der Waals surface area contributed by atoms with Crippen LogP contribution in [0, 0.1) is 17.8 Å². The van der Waals surface area contributed by atoms with Gasteiger partial charge in [-0.15, -0.1) is 0 Å². The van der Waals surface area contributed by atoms with Crippen LogP contribution in [-0.2, 0) is 14.8 Å². The number of rotatable bonds is 9. The van der Waals surface area contributed by atoms with Gasteiger partial charge in [-0.2, -0.15) is 0 Å². The van der Waals surface area contributed by atoms with Gasteiger partial charge >= 0.3 is 5.97 Å².